The minimum atomic E-state index is -0.475. The number of hydrogen-bond acceptors (Lipinski definition) is 5. The van der Waals surface area contributed by atoms with Gasteiger partial charge in [-0.05, 0) is 48.2 Å². The average molecular weight is 428 g/mol. The van der Waals surface area contributed by atoms with E-state index in [0.717, 1.165) is 24.2 Å². The first-order chi connectivity index (χ1) is 15.7. The minimum Gasteiger partial charge on any atom is -0.497 e. The lowest BCUT2D eigenvalue weighted by Gasteiger charge is -2.12. The summed E-state index contributed by atoms with van der Waals surface area (Å²) in [6.07, 6.45) is 3.22. The second-order valence-corrected chi connectivity index (χ2v) is 7.39. The first kappa shape index (κ1) is 21.2. The van der Waals surface area contributed by atoms with Gasteiger partial charge in [0.1, 0.15) is 11.3 Å². The van der Waals surface area contributed by atoms with Crippen LogP contribution in [0.25, 0.3) is 11.2 Å². The lowest BCUT2D eigenvalue weighted by molar-refractivity contribution is 0.0946. The summed E-state index contributed by atoms with van der Waals surface area (Å²) < 4.78 is 6.68. The highest BCUT2D eigenvalue weighted by Gasteiger charge is 2.18. The Balaban J connectivity index is 1.55. The first-order valence-electron chi connectivity index (χ1n) is 10.5. The van der Waals surface area contributed by atoms with Gasteiger partial charge in [-0.15, -0.1) is 0 Å². The number of ether oxygens (including phenoxy) is 1. The number of nitrogens with zero attached hydrogens (tertiary/aromatic N) is 3. The van der Waals surface area contributed by atoms with E-state index in [4.69, 9.17) is 4.74 Å². The Bertz CT molecular complexity index is 1270. The summed E-state index contributed by atoms with van der Waals surface area (Å²) in [5.74, 6) is 0.256. The normalized spacial score (nSPS) is 10.8. The van der Waals surface area contributed by atoms with Gasteiger partial charge in [-0.3, -0.25) is 14.2 Å². The molecular weight excluding hydrogens is 404 g/mol. The molecule has 4 aromatic rings. The molecule has 2 aromatic heterocycles. The number of hydrogen-bond donors (Lipinski definition) is 1. The largest absolute Gasteiger partial charge is 0.497 e. The molecule has 2 aromatic carbocycles. The summed E-state index contributed by atoms with van der Waals surface area (Å²) in [4.78, 5) is 34.6. The van der Waals surface area contributed by atoms with Crippen LogP contribution in [0.4, 0.5) is 0 Å². The van der Waals surface area contributed by atoms with Crippen molar-refractivity contribution in [2.45, 2.75) is 19.4 Å². The Labute approximate surface area is 185 Å². The van der Waals surface area contributed by atoms with Crippen LogP contribution in [0.3, 0.4) is 0 Å². The number of aromatic nitrogens is 3. The van der Waals surface area contributed by atoms with Gasteiger partial charge in [0.2, 0.25) is 0 Å². The number of methoxy groups -OCH3 is 1. The van der Waals surface area contributed by atoms with Crippen molar-refractivity contribution in [2.24, 2.45) is 0 Å². The van der Waals surface area contributed by atoms with E-state index in [1.807, 2.05) is 42.5 Å². The molecule has 0 radical (unpaired) electrons. The van der Waals surface area contributed by atoms with Crippen molar-refractivity contribution < 1.29 is 9.53 Å². The second-order valence-electron chi connectivity index (χ2n) is 7.39. The molecule has 0 saturated carbocycles. The molecule has 1 N–H and O–H groups in total. The molecule has 0 aliphatic rings. The zero-order chi connectivity index (χ0) is 22.3. The van der Waals surface area contributed by atoms with Crippen LogP contribution in [0.5, 0.6) is 5.75 Å². The van der Waals surface area contributed by atoms with Crippen LogP contribution in [0.2, 0.25) is 0 Å². The molecule has 1 amide bonds. The van der Waals surface area contributed by atoms with Gasteiger partial charge in [0.15, 0.2) is 11.3 Å². The molecule has 2 heterocycles. The molecular formula is C25H24N4O3. The standard InChI is InChI=1S/C25H24N4O3/c1-32-20-13-11-19(12-14-20)17-29-23-21(10-6-15-26-23)28-22(25(29)31)24(30)27-16-5-9-18-7-3-2-4-8-18/h2-4,6-8,10-15H,5,9,16-17H2,1H3,(H,27,30). The van der Waals surface area contributed by atoms with Crippen molar-refractivity contribution in [1.82, 2.24) is 19.9 Å². The maximum atomic E-state index is 13.2. The molecule has 0 spiro atoms. The molecule has 32 heavy (non-hydrogen) atoms. The van der Waals surface area contributed by atoms with Gasteiger partial charge in [0.05, 0.1) is 13.7 Å². The van der Waals surface area contributed by atoms with E-state index in [-0.39, 0.29) is 12.2 Å². The molecule has 7 heteroatoms. The van der Waals surface area contributed by atoms with Crippen molar-refractivity contribution in [2.75, 3.05) is 13.7 Å². The van der Waals surface area contributed by atoms with E-state index < -0.39 is 11.5 Å². The molecule has 0 aliphatic carbocycles. The Morgan fingerprint density at radius 2 is 1.78 bits per heavy atom. The van der Waals surface area contributed by atoms with Crippen LogP contribution in [-0.4, -0.2) is 34.1 Å². The third-order valence-electron chi connectivity index (χ3n) is 5.19. The SMILES string of the molecule is COc1ccc(Cn2c(=O)c(C(=O)NCCCc3ccccc3)nc3cccnc32)cc1. The van der Waals surface area contributed by atoms with Gasteiger partial charge in [-0.1, -0.05) is 42.5 Å². The number of rotatable bonds is 8. The average Bonchev–Trinajstić information content (AvgIpc) is 2.84. The fourth-order valence-electron chi connectivity index (χ4n) is 3.51. The number of pyridine rings is 1. The predicted molar refractivity (Wildman–Crippen MR) is 123 cm³/mol. The van der Waals surface area contributed by atoms with E-state index >= 15 is 0 Å². The van der Waals surface area contributed by atoms with Crippen molar-refractivity contribution in [3.05, 3.63) is 100 Å². The summed E-state index contributed by atoms with van der Waals surface area (Å²) in [5, 5.41) is 2.83. The van der Waals surface area contributed by atoms with Crippen LogP contribution in [0.1, 0.15) is 28.0 Å². The molecule has 4 rings (SSSR count). The smallest absolute Gasteiger partial charge is 0.284 e. The molecule has 0 aliphatic heterocycles. The van der Waals surface area contributed by atoms with Crippen LogP contribution in [0, 0.1) is 0 Å². The predicted octanol–water partition coefficient (Wildman–Crippen LogP) is 3.21. The van der Waals surface area contributed by atoms with Crippen molar-refractivity contribution in [3.8, 4) is 5.75 Å². The number of benzene rings is 2. The third-order valence-corrected chi connectivity index (χ3v) is 5.19. The van der Waals surface area contributed by atoms with Crippen molar-refractivity contribution in [1.29, 1.82) is 0 Å². The zero-order valence-corrected chi connectivity index (χ0v) is 17.8. The van der Waals surface area contributed by atoms with Crippen molar-refractivity contribution >= 4 is 17.1 Å². The Kier molecular flexibility index (Phi) is 6.55. The maximum Gasteiger partial charge on any atom is 0.284 e. The Morgan fingerprint density at radius 3 is 2.53 bits per heavy atom. The van der Waals surface area contributed by atoms with Crippen molar-refractivity contribution in [3.63, 3.8) is 0 Å². The highest BCUT2D eigenvalue weighted by Crippen LogP contribution is 2.14. The number of amides is 1. The second kappa shape index (κ2) is 9.87. The summed E-state index contributed by atoms with van der Waals surface area (Å²) in [6.45, 7) is 0.728. The van der Waals surface area contributed by atoms with Crippen LogP contribution in [-0.2, 0) is 13.0 Å². The fraction of sp³-hybridized carbons (Fsp3) is 0.200. The Morgan fingerprint density at radius 1 is 1.00 bits per heavy atom. The zero-order valence-electron chi connectivity index (χ0n) is 17.8. The topological polar surface area (TPSA) is 86.1 Å². The van der Waals surface area contributed by atoms with E-state index in [1.165, 1.54) is 10.1 Å². The Hall–Kier alpha value is -4.00. The molecule has 0 unspecified atom stereocenters. The van der Waals surface area contributed by atoms with Crippen LogP contribution in [0.15, 0.2) is 77.7 Å². The van der Waals surface area contributed by atoms with Crippen LogP contribution >= 0.6 is 0 Å². The molecule has 162 valence electrons. The molecule has 0 saturated heterocycles. The molecule has 0 fully saturated rings. The molecule has 0 bridgehead atoms. The fourth-order valence-corrected chi connectivity index (χ4v) is 3.51. The number of aryl methyl sites for hydroxylation is 1. The molecule has 0 atom stereocenters. The van der Waals surface area contributed by atoms with Gasteiger partial charge in [0, 0.05) is 12.7 Å². The highest BCUT2D eigenvalue weighted by atomic mass is 16.5. The summed E-state index contributed by atoms with van der Waals surface area (Å²) in [5.41, 5.74) is 2.44. The van der Waals surface area contributed by atoms with E-state index in [0.29, 0.717) is 17.7 Å². The molecule has 7 nitrogen and oxygen atoms in total. The highest BCUT2D eigenvalue weighted by molar-refractivity contribution is 5.93. The number of carbonyl (C=O) groups excluding carboxylic acids is 1. The summed E-state index contributed by atoms with van der Waals surface area (Å²) in [7, 11) is 1.60. The van der Waals surface area contributed by atoms with Gasteiger partial charge in [-0.25, -0.2) is 9.97 Å². The lowest BCUT2D eigenvalue weighted by atomic mass is 10.1. The van der Waals surface area contributed by atoms with Gasteiger partial charge in [-0.2, -0.15) is 0 Å². The lowest BCUT2D eigenvalue weighted by Crippen LogP contribution is -2.35. The number of carbonyl (C=O) groups is 1. The summed E-state index contributed by atoms with van der Waals surface area (Å²) in [6, 6.07) is 21.0. The van der Waals surface area contributed by atoms with Gasteiger partial charge < -0.3 is 10.1 Å². The van der Waals surface area contributed by atoms with Gasteiger partial charge in [0.25, 0.3) is 11.5 Å². The number of fused-ring (bicyclic) bond motifs is 1. The summed E-state index contributed by atoms with van der Waals surface area (Å²) >= 11 is 0. The monoisotopic (exact) mass is 428 g/mol. The number of nitrogens with one attached hydrogen (secondary N) is 1. The van der Waals surface area contributed by atoms with E-state index in [1.54, 1.807) is 25.4 Å². The quantitative estimate of drug-likeness (QED) is 0.436. The third kappa shape index (κ3) is 4.83. The minimum absolute atomic E-state index is 0.126. The van der Waals surface area contributed by atoms with Crippen LogP contribution < -0.4 is 15.6 Å². The first-order valence-corrected chi connectivity index (χ1v) is 10.5. The maximum absolute atomic E-state index is 13.2. The van der Waals surface area contributed by atoms with E-state index in [2.05, 4.69) is 27.4 Å². The van der Waals surface area contributed by atoms with Gasteiger partial charge >= 0.3 is 0 Å². The van der Waals surface area contributed by atoms with E-state index in [9.17, 15) is 9.59 Å².